The molecule has 32 heavy (non-hydrogen) atoms. The number of anilines is 2. The molecule has 1 amide bonds. The zero-order valence-corrected chi connectivity index (χ0v) is 17.1. The zero-order chi connectivity index (χ0) is 23.5. The molecule has 1 saturated heterocycles. The number of rotatable bonds is 4. The Balaban J connectivity index is 1.80. The number of benzene rings is 2. The Bertz CT molecular complexity index is 1010. The highest BCUT2D eigenvalue weighted by atomic mass is 35.5. The highest BCUT2D eigenvalue weighted by Crippen LogP contribution is 2.38. The van der Waals surface area contributed by atoms with E-state index in [9.17, 15) is 31.1 Å². The maximum atomic E-state index is 13.6. The molecule has 1 N–H and O–H groups in total. The van der Waals surface area contributed by atoms with Crippen LogP contribution >= 0.6 is 11.6 Å². The van der Waals surface area contributed by atoms with Gasteiger partial charge in [0, 0.05) is 24.9 Å². The first kappa shape index (κ1) is 23.9. The summed E-state index contributed by atoms with van der Waals surface area (Å²) in [5.74, 6) is -0.932. The van der Waals surface area contributed by atoms with E-state index in [0.717, 1.165) is 36.4 Å². The van der Waals surface area contributed by atoms with E-state index in [2.05, 4.69) is 5.32 Å². The highest BCUT2D eigenvalue weighted by Gasteiger charge is 2.35. The van der Waals surface area contributed by atoms with Crippen molar-refractivity contribution in [2.75, 3.05) is 36.5 Å². The largest absolute Gasteiger partial charge is 0.418 e. The molecule has 1 heterocycles. The average molecular weight is 479 g/mol. The van der Waals surface area contributed by atoms with Gasteiger partial charge in [-0.1, -0.05) is 17.7 Å². The third-order valence-corrected chi connectivity index (χ3v) is 5.00. The van der Waals surface area contributed by atoms with Crippen LogP contribution in [0.2, 0.25) is 5.02 Å². The fourth-order valence-electron chi connectivity index (χ4n) is 3.10. The number of nitrogens with zero attached hydrogens (tertiary/aromatic N) is 1. The summed E-state index contributed by atoms with van der Waals surface area (Å²) in [4.78, 5) is 13.9. The van der Waals surface area contributed by atoms with Crippen molar-refractivity contribution in [1.82, 2.24) is 0 Å². The first-order chi connectivity index (χ1) is 14.9. The first-order valence-electron chi connectivity index (χ1n) is 9.35. The SMILES string of the molecule is O=C(/C=C/c1ccc(Cl)c(C(F)(F)F)c1)Nc1ccc(N2CCOCC2)cc1C(F)(F)F. The van der Waals surface area contributed by atoms with Gasteiger partial charge in [0.2, 0.25) is 5.91 Å². The summed E-state index contributed by atoms with van der Waals surface area (Å²) < 4.78 is 84.7. The summed E-state index contributed by atoms with van der Waals surface area (Å²) in [6.45, 7) is 1.66. The second kappa shape index (κ2) is 9.41. The maximum absolute atomic E-state index is 13.6. The molecule has 1 aliphatic heterocycles. The minimum atomic E-state index is -4.73. The lowest BCUT2D eigenvalue weighted by molar-refractivity contribution is -0.138. The van der Waals surface area contributed by atoms with E-state index < -0.39 is 40.1 Å². The monoisotopic (exact) mass is 478 g/mol. The Morgan fingerprint density at radius 3 is 2.25 bits per heavy atom. The molecule has 1 fully saturated rings. The van der Waals surface area contributed by atoms with Crippen molar-refractivity contribution in [3.8, 4) is 0 Å². The second-order valence-corrected chi connectivity index (χ2v) is 7.29. The molecule has 11 heteroatoms. The molecule has 0 aliphatic carbocycles. The van der Waals surface area contributed by atoms with Crippen molar-refractivity contribution in [2.45, 2.75) is 12.4 Å². The zero-order valence-electron chi connectivity index (χ0n) is 16.4. The van der Waals surface area contributed by atoms with Crippen LogP contribution in [0.3, 0.4) is 0 Å². The van der Waals surface area contributed by atoms with Crippen LogP contribution in [-0.4, -0.2) is 32.2 Å². The molecule has 0 radical (unpaired) electrons. The smallest absolute Gasteiger partial charge is 0.378 e. The number of morpholine rings is 1. The topological polar surface area (TPSA) is 41.6 Å². The molecule has 172 valence electrons. The number of carbonyl (C=O) groups excluding carboxylic acids is 1. The van der Waals surface area contributed by atoms with Gasteiger partial charge in [0.25, 0.3) is 0 Å². The summed E-state index contributed by atoms with van der Waals surface area (Å²) in [6, 6.07) is 6.55. The van der Waals surface area contributed by atoms with Crippen LogP contribution in [0, 0.1) is 0 Å². The molecule has 0 unspecified atom stereocenters. The molecule has 2 aromatic carbocycles. The maximum Gasteiger partial charge on any atom is 0.418 e. The van der Waals surface area contributed by atoms with Gasteiger partial charge in [0.1, 0.15) is 0 Å². The number of hydrogen-bond acceptors (Lipinski definition) is 3. The molecule has 2 aromatic rings. The van der Waals surface area contributed by atoms with E-state index >= 15 is 0 Å². The number of nitrogens with one attached hydrogen (secondary N) is 1. The molecule has 4 nitrogen and oxygen atoms in total. The summed E-state index contributed by atoms with van der Waals surface area (Å²) in [5.41, 5.74) is -2.23. The van der Waals surface area contributed by atoms with Crippen LogP contribution in [0.25, 0.3) is 6.08 Å². The fraction of sp³-hybridized carbons (Fsp3) is 0.286. The number of amides is 1. The van der Waals surface area contributed by atoms with E-state index in [1.54, 1.807) is 4.90 Å². The predicted molar refractivity (Wildman–Crippen MR) is 109 cm³/mol. The van der Waals surface area contributed by atoms with Crippen molar-refractivity contribution < 1.29 is 35.9 Å². The molecular weight excluding hydrogens is 462 g/mol. The Morgan fingerprint density at radius 2 is 1.62 bits per heavy atom. The number of carbonyl (C=O) groups is 1. The predicted octanol–water partition coefficient (Wildman–Crippen LogP) is 5.87. The molecule has 0 bridgehead atoms. The lowest BCUT2D eigenvalue weighted by Crippen LogP contribution is -2.36. The van der Waals surface area contributed by atoms with Gasteiger partial charge >= 0.3 is 12.4 Å². The lowest BCUT2D eigenvalue weighted by Gasteiger charge is -2.29. The van der Waals surface area contributed by atoms with Crippen LogP contribution in [0.1, 0.15) is 16.7 Å². The van der Waals surface area contributed by atoms with Gasteiger partial charge in [0.05, 0.1) is 35.1 Å². The molecule has 0 aromatic heterocycles. The van der Waals surface area contributed by atoms with Crippen LogP contribution in [0.15, 0.2) is 42.5 Å². The van der Waals surface area contributed by atoms with E-state index in [0.29, 0.717) is 32.0 Å². The van der Waals surface area contributed by atoms with E-state index in [1.165, 1.54) is 12.1 Å². The number of halogens is 7. The Morgan fingerprint density at radius 1 is 0.969 bits per heavy atom. The molecular formula is C21H17ClF6N2O2. The Hall–Kier alpha value is -2.72. The van der Waals surface area contributed by atoms with Crippen molar-refractivity contribution in [2.24, 2.45) is 0 Å². The van der Waals surface area contributed by atoms with Gasteiger partial charge in [-0.3, -0.25) is 4.79 Å². The van der Waals surface area contributed by atoms with Crippen molar-refractivity contribution in [3.05, 3.63) is 64.2 Å². The van der Waals surface area contributed by atoms with Crippen LogP contribution in [0.4, 0.5) is 37.7 Å². The normalized spacial score (nSPS) is 15.3. The minimum absolute atomic E-state index is 0.00980. The molecule has 1 aliphatic rings. The molecule has 0 saturated carbocycles. The average Bonchev–Trinajstić information content (AvgIpc) is 2.72. The Labute approximate surface area is 184 Å². The number of ether oxygens (including phenoxy) is 1. The van der Waals surface area contributed by atoms with Crippen LogP contribution < -0.4 is 10.2 Å². The van der Waals surface area contributed by atoms with Crippen LogP contribution in [-0.2, 0) is 21.9 Å². The van der Waals surface area contributed by atoms with Gasteiger partial charge in [-0.2, -0.15) is 26.3 Å². The summed E-state index contributed by atoms with van der Waals surface area (Å²) in [7, 11) is 0. The molecule has 0 spiro atoms. The van der Waals surface area contributed by atoms with Gasteiger partial charge < -0.3 is 15.0 Å². The van der Waals surface area contributed by atoms with E-state index in [1.807, 2.05) is 0 Å². The summed E-state index contributed by atoms with van der Waals surface area (Å²) in [6.07, 6.45) is -7.52. The third kappa shape index (κ3) is 5.95. The summed E-state index contributed by atoms with van der Waals surface area (Å²) in [5, 5.41) is 1.63. The van der Waals surface area contributed by atoms with E-state index in [4.69, 9.17) is 16.3 Å². The summed E-state index contributed by atoms with van der Waals surface area (Å²) >= 11 is 5.54. The van der Waals surface area contributed by atoms with Crippen molar-refractivity contribution in [1.29, 1.82) is 0 Å². The molecule has 0 atom stereocenters. The van der Waals surface area contributed by atoms with Crippen molar-refractivity contribution in [3.63, 3.8) is 0 Å². The van der Waals surface area contributed by atoms with Gasteiger partial charge in [-0.25, -0.2) is 0 Å². The standard InChI is InChI=1S/C21H17ClF6N2O2/c22-17-4-1-13(11-15(17)20(23,24)25)2-6-19(31)29-18-5-3-14(12-16(18)21(26,27)28)30-7-9-32-10-8-30/h1-6,11-12H,7-10H2,(H,29,31)/b6-2+. The van der Waals surface area contributed by atoms with Crippen LogP contribution in [0.5, 0.6) is 0 Å². The Kier molecular flexibility index (Phi) is 7.04. The molecule has 3 rings (SSSR count). The van der Waals surface area contributed by atoms with Gasteiger partial charge in [-0.15, -0.1) is 0 Å². The second-order valence-electron chi connectivity index (χ2n) is 6.89. The van der Waals surface area contributed by atoms with E-state index in [-0.39, 0.29) is 5.56 Å². The highest BCUT2D eigenvalue weighted by molar-refractivity contribution is 6.31. The number of hydrogen-bond donors (Lipinski definition) is 1. The van der Waals surface area contributed by atoms with Crippen molar-refractivity contribution >= 4 is 35.0 Å². The van der Waals surface area contributed by atoms with Gasteiger partial charge in [-0.05, 0) is 42.0 Å². The lowest BCUT2D eigenvalue weighted by atomic mass is 10.1. The fourth-order valence-corrected chi connectivity index (χ4v) is 3.33. The van der Waals surface area contributed by atoms with Gasteiger partial charge in [0.15, 0.2) is 0 Å². The first-order valence-corrected chi connectivity index (χ1v) is 9.73. The number of alkyl halides is 6. The third-order valence-electron chi connectivity index (χ3n) is 4.67. The minimum Gasteiger partial charge on any atom is -0.378 e. The quantitative estimate of drug-likeness (QED) is 0.442.